The fourth-order valence-electron chi connectivity index (χ4n) is 2.91. The molecule has 0 saturated heterocycles. The lowest BCUT2D eigenvalue weighted by molar-refractivity contribution is 0.631. The number of benzene rings is 3. The molecule has 3 heteroatoms. The van der Waals surface area contributed by atoms with Gasteiger partial charge in [-0.15, -0.1) is 6.58 Å². The lowest BCUT2D eigenvalue weighted by Crippen LogP contribution is -1.87. The molecule has 0 fully saturated rings. The molecular weight excluding hydrogens is 347 g/mol. The Hall–Kier alpha value is -3.51. The zero-order chi connectivity index (χ0) is 19.8. The molecular formula is C25H21FN2. The van der Waals surface area contributed by atoms with Gasteiger partial charge in [0.15, 0.2) is 0 Å². The summed E-state index contributed by atoms with van der Waals surface area (Å²) in [6, 6.07) is 22.1. The molecule has 138 valence electrons. The predicted octanol–water partition coefficient (Wildman–Crippen LogP) is 6.62. The van der Waals surface area contributed by atoms with E-state index in [1.807, 2.05) is 18.2 Å². The molecule has 2 nitrogen and oxygen atoms in total. The van der Waals surface area contributed by atoms with E-state index >= 15 is 0 Å². The molecule has 3 aromatic carbocycles. The molecule has 0 saturated carbocycles. The Bertz CT molecular complexity index is 1010. The number of aliphatic imine (C=N–C) groups is 1. The molecule has 0 radical (unpaired) electrons. The Labute approximate surface area is 165 Å². The third-order valence-electron chi connectivity index (χ3n) is 4.49. The van der Waals surface area contributed by atoms with Gasteiger partial charge < -0.3 is 0 Å². The van der Waals surface area contributed by atoms with Crippen molar-refractivity contribution < 1.29 is 4.39 Å². The molecule has 0 heterocycles. The molecule has 0 spiro atoms. The SMILES string of the molecule is C=CCCCc1ccc(C=Nc2ccc(-c3ccc(C#N)cc3)c(F)c2)cc1. The number of nitrogens with zero attached hydrogens (tertiary/aromatic N) is 2. The fourth-order valence-corrected chi connectivity index (χ4v) is 2.91. The minimum absolute atomic E-state index is 0.336. The highest BCUT2D eigenvalue weighted by Crippen LogP contribution is 2.26. The average Bonchev–Trinajstić information content (AvgIpc) is 2.73. The summed E-state index contributed by atoms with van der Waals surface area (Å²) in [6.45, 7) is 3.74. The Morgan fingerprint density at radius 2 is 1.75 bits per heavy atom. The number of rotatable bonds is 7. The van der Waals surface area contributed by atoms with Crippen LogP contribution in [0.1, 0.15) is 29.5 Å². The van der Waals surface area contributed by atoms with Gasteiger partial charge in [0.1, 0.15) is 5.82 Å². The van der Waals surface area contributed by atoms with Gasteiger partial charge in [0.05, 0.1) is 17.3 Å². The first-order valence-electron chi connectivity index (χ1n) is 9.23. The Morgan fingerprint density at radius 1 is 1.00 bits per heavy atom. The Morgan fingerprint density at radius 3 is 2.39 bits per heavy atom. The minimum Gasteiger partial charge on any atom is -0.256 e. The Balaban J connectivity index is 1.69. The number of unbranched alkanes of at least 4 members (excludes halogenated alkanes) is 1. The normalized spacial score (nSPS) is 10.7. The number of aryl methyl sites for hydroxylation is 1. The summed E-state index contributed by atoms with van der Waals surface area (Å²) in [5, 5.41) is 8.86. The second kappa shape index (κ2) is 9.43. The van der Waals surface area contributed by atoms with Gasteiger partial charge in [-0.05, 0) is 60.2 Å². The maximum Gasteiger partial charge on any atom is 0.133 e. The van der Waals surface area contributed by atoms with Gasteiger partial charge in [0, 0.05) is 17.8 Å². The highest BCUT2D eigenvalue weighted by atomic mass is 19.1. The number of nitriles is 1. The van der Waals surface area contributed by atoms with E-state index < -0.39 is 0 Å². The van der Waals surface area contributed by atoms with Crippen LogP contribution in [0, 0.1) is 17.1 Å². The molecule has 0 aliphatic rings. The summed E-state index contributed by atoms with van der Waals surface area (Å²) < 4.78 is 14.5. The second-order valence-electron chi connectivity index (χ2n) is 6.53. The van der Waals surface area contributed by atoms with E-state index in [1.54, 1.807) is 42.6 Å². The van der Waals surface area contributed by atoms with Crippen LogP contribution in [0.4, 0.5) is 10.1 Å². The van der Waals surface area contributed by atoms with Crippen LogP contribution >= 0.6 is 0 Å². The van der Waals surface area contributed by atoms with Gasteiger partial charge in [-0.1, -0.05) is 42.5 Å². The number of allylic oxidation sites excluding steroid dienone is 1. The van der Waals surface area contributed by atoms with Gasteiger partial charge in [-0.2, -0.15) is 5.26 Å². The summed E-state index contributed by atoms with van der Waals surface area (Å²) in [4.78, 5) is 4.38. The highest BCUT2D eigenvalue weighted by Gasteiger charge is 2.06. The van der Waals surface area contributed by atoms with Crippen molar-refractivity contribution in [1.82, 2.24) is 0 Å². The third-order valence-corrected chi connectivity index (χ3v) is 4.49. The van der Waals surface area contributed by atoms with Crippen molar-refractivity contribution in [1.29, 1.82) is 5.26 Å². The van der Waals surface area contributed by atoms with E-state index in [9.17, 15) is 4.39 Å². The highest BCUT2D eigenvalue weighted by molar-refractivity contribution is 5.82. The van der Waals surface area contributed by atoms with Crippen LogP contribution in [0.5, 0.6) is 0 Å². The minimum atomic E-state index is -0.336. The van der Waals surface area contributed by atoms with Crippen molar-refractivity contribution in [3.05, 3.63) is 102 Å². The predicted molar refractivity (Wildman–Crippen MR) is 113 cm³/mol. The van der Waals surface area contributed by atoms with Crippen molar-refractivity contribution in [2.24, 2.45) is 4.99 Å². The van der Waals surface area contributed by atoms with Gasteiger partial charge in [0.25, 0.3) is 0 Å². The fraction of sp³-hybridized carbons (Fsp3) is 0.120. The molecule has 0 aliphatic heterocycles. The summed E-state index contributed by atoms with van der Waals surface area (Å²) in [7, 11) is 0. The topological polar surface area (TPSA) is 36.1 Å². The molecule has 0 atom stereocenters. The summed E-state index contributed by atoms with van der Waals surface area (Å²) in [5.74, 6) is -0.336. The number of halogens is 1. The number of hydrogen-bond donors (Lipinski definition) is 0. The zero-order valence-corrected chi connectivity index (χ0v) is 15.6. The molecule has 0 N–H and O–H groups in total. The summed E-state index contributed by atoms with van der Waals surface area (Å²) in [6.07, 6.45) is 6.83. The lowest BCUT2D eigenvalue weighted by Gasteiger charge is -2.05. The van der Waals surface area contributed by atoms with Crippen LogP contribution in [0.3, 0.4) is 0 Å². The quantitative estimate of drug-likeness (QED) is 0.262. The monoisotopic (exact) mass is 368 g/mol. The van der Waals surface area contributed by atoms with E-state index in [-0.39, 0.29) is 5.82 Å². The molecule has 0 aliphatic carbocycles. The van der Waals surface area contributed by atoms with Crippen LogP contribution in [0.25, 0.3) is 11.1 Å². The molecule has 3 rings (SSSR count). The summed E-state index contributed by atoms with van der Waals surface area (Å²) in [5.41, 5.74) is 4.61. The standard InChI is InChI=1S/C25H21FN2/c1-2-3-4-5-19-6-8-21(9-7-19)18-28-23-14-15-24(25(26)16-23)22-12-10-20(17-27)11-13-22/h2,6-16,18H,1,3-5H2. The third kappa shape index (κ3) is 5.02. The van der Waals surface area contributed by atoms with Crippen LogP contribution < -0.4 is 0 Å². The van der Waals surface area contributed by atoms with Crippen molar-refractivity contribution in [3.63, 3.8) is 0 Å². The van der Waals surface area contributed by atoms with Crippen LogP contribution in [0.15, 0.2) is 84.4 Å². The molecule has 0 aromatic heterocycles. The molecule has 0 amide bonds. The second-order valence-corrected chi connectivity index (χ2v) is 6.53. The van der Waals surface area contributed by atoms with E-state index in [2.05, 4.69) is 29.8 Å². The Kier molecular flexibility index (Phi) is 6.49. The first-order valence-corrected chi connectivity index (χ1v) is 9.23. The van der Waals surface area contributed by atoms with Crippen molar-refractivity contribution in [3.8, 4) is 17.2 Å². The lowest BCUT2D eigenvalue weighted by atomic mass is 10.0. The molecule has 28 heavy (non-hydrogen) atoms. The van der Waals surface area contributed by atoms with Crippen molar-refractivity contribution >= 4 is 11.9 Å². The molecule has 0 bridgehead atoms. The first-order chi connectivity index (χ1) is 13.7. The van der Waals surface area contributed by atoms with Crippen LogP contribution in [-0.2, 0) is 6.42 Å². The van der Waals surface area contributed by atoms with E-state index in [0.717, 1.165) is 30.4 Å². The van der Waals surface area contributed by atoms with E-state index in [1.165, 1.54) is 11.6 Å². The largest absolute Gasteiger partial charge is 0.256 e. The van der Waals surface area contributed by atoms with Gasteiger partial charge in [-0.3, -0.25) is 4.99 Å². The van der Waals surface area contributed by atoms with Crippen molar-refractivity contribution in [2.75, 3.05) is 0 Å². The summed E-state index contributed by atoms with van der Waals surface area (Å²) >= 11 is 0. The first kappa shape index (κ1) is 19.3. The van der Waals surface area contributed by atoms with E-state index in [4.69, 9.17) is 5.26 Å². The molecule has 0 unspecified atom stereocenters. The zero-order valence-electron chi connectivity index (χ0n) is 15.6. The number of hydrogen-bond acceptors (Lipinski definition) is 2. The smallest absolute Gasteiger partial charge is 0.133 e. The van der Waals surface area contributed by atoms with Crippen LogP contribution in [0.2, 0.25) is 0 Å². The van der Waals surface area contributed by atoms with E-state index in [0.29, 0.717) is 16.8 Å². The van der Waals surface area contributed by atoms with Crippen molar-refractivity contribution in [2.45, 2.75) is 19.3 Å². The van der Waals surface area contributed by atoms with Gasteiger partial charge in [-0.25, -0.2) is 4.39 Å². The van der Waals surface area contributed by atoms with Crippen LogP contribution in [-0.4, -0.2) is 6.21 Å². The van der Waals surface area contributed by atoms with Gasteiger partial charge >= 0.3 is 0 Å². The maximum absolute atomic E-state index is 14.5. The van der Waals surface area contributed by atoms with Gasteiger partial charge in [0.2, 0.25) is 0 Å². The maximum atomic E-state index is 14.5. The molecule has 3 aromatic rings. The average molecular weight is 368 g/mol.